The van der Waals surface area contributed by atoms with Gasteiger partial charge in [-0.05, 0) is 43.0 Å². The molecule has 0 fully saturated rings. The van der Waals surface area contributed by atoms with Crippen LogP contribution in [0.5, 0.6) is 0 Å². The van der Waals surface area contributed by atoms with Gasteiger partial charge in [0.25, 0.3) is 0 Å². The lowest BCUT2D eigenvalue weighted by molar-refractivity contribution is -0.116. The minimum Gasteiger partial charge on any atom is -0.325 e. The predicted octanol–water partition coefficient (Wildman–Crippen LogP) is 4.46. The van der Waals surface area contributed by atoms with Gasteiger partial charge >= 0.3 is 0 Å². The summed E-state index contributed by atoms with van der Waals surface area (Å²) in [6, 6.07) is 15.7. The third-order valence-corrected chi connectivity index (χ3v) is 6.31. The number of benzene rings is 2. The fourth-order valence-electron chi connectivity index (χ4n) is 2.60. The van der Waals surface area contributed by atoms with E-state index in [2.05, 4.69) is 20.8 Å². The molecule has 3 rings (SSSR count). The van der Waals surface area contributed by atoms with Crippen LogP contribution < -0.4 is 10.6 Å². The molecule has 2 aromatic carbocycles. The van der Waals surface area contributed by atoms with Crippen LogP contribution in [0.4, 0.5) is 10.8 Å². The Kier molecular flexibility index (Phi) is 7.37. The van der Waals surface area contributed by atoms with Gasteiger partial charge in [0, 0.05) is 12.1 Å². The molecule has 2 N–H and O–H groups in total. The Morgan fingerprint density at radius 2 is 1.76 bits per heavy atom. The van der Waals surface area contributed by atoms with Gasteiger partial charge < -0.3 is 10.6 Å². The lowest BCUT2D eigenvalue weighted by atomic mass is 10.1. The number of nitrogens with one attached hydrogen (secondary N) is 2. The lowest BCUT2D eigenvalue weighted by Gasteiger charge is -2.09. The molecule has 0 aliphatic rings. The van der Waals surface area contributed by atoms with Crippen LogP contribution in [0.3, 0.4) is 0 Å². The highest BCUT2D eigenvalue weighted by atomic mass is 32.2. The number of aromatic nitrogens is 2. The van der Waals surface area contributed by atoms with Crippen molar-refractivity contribution in [1.82, 2.24) is 10.2 Å². The highest BCUT2D eigenvalue weighted by Gasteiger charge is 2.12. The van der Waals surface area contributed by atoms with E-state index in [0.29, 0.717) is 22.3 Å². The van der Waals surface area contributed by atoms with Crippen molar-refractivity contribution < 1.29 is 9.59 Å². The number of anilines is 2. The Morgan fingerprint density at radius 1 is 0.966 bits per heavy atom. The number of carbonyl (C=O) groups is 2. The standard InChI is InChI=1S/C21H22N4O2S2/c1-14-7-6-10-17(15(14)2)22-19(27)13-28-21-25-24-20(29-21)23-18(26)12-11-16-8-4-3-5-9-16/h3-10H,11-13H2,1-2H3,(H,22,27)(H,23,24,26). The predicted molar refractivity (Wildman–Crippen MR) is 119 cm³/mol. The molecule has 0 spiro atoms. The Bertz CT molecular complexity index is 989. The van der Waals surface area contributed by atoms with Gasteiger partial charge in [0.1, 0.15) is 0 Å². The molecule has 0 saturated carbocycles. The number of nitrogens with zero attached hydrogens (tertiary/aromatic N) is 2. The first-order chi connectivity index (χ1) is 14.0. The van der Waals surface area contributed by atoms with Crippen LogP contribution in [0.15, 0.2) is 52.9 Å². The fraction of sp³-hybridized carbons (Fsp3) is 0.238. The van der Waals surface area contributed by atoms with Crippen LogP contribution in [-0.4, -0.2) is 27.8 Å². The SMILES string of the molecule is Cc1cccc(NC(=O)CSc2nnc(NC(=O)CCc3ccccc3)s2)c1C. The Morgan fingerprint density at radius 3 is 2.55 bits per heavy atom. The maximum atomic E-state index is 12.2. The molecule has 0 saturated heterocycles. The Hall–Kier alpha value is -2.71. The molecule has 0 atom stereocenters. The number of rotatable bonds is 8. The average molecular weight is 427 g/mol. The molecule has 8 heteroatoms. The summed E-state index contributed by atoms with van der Waals surface area (Å²) in [6.45, 7) is 3.99. The number of amides is 2. The smallest absolute Gasteiger partial charge is 0.234 e. The summed E-state index contributed by atoms with van der Waals surface area (Å²) in [7, 11) is 0. The Labute approximate surface area is 178 Å². The minimum atomic E-state index is -0.104. The molecule has 0 aliphatic heterocycles. The van der Waals surface area contributed by atoms with Gasteiger partial charge in [-0.2, -0.15) is 0 Å². The Balaban J connectivity index is 1.44. The van der Waals surface area contributed by atoms with Crippen molar-refractivity contribution in [3.8, 4) is 0 Å². The largest absolute Gasteiger partial charge is 0.325 e. The topological polar surface area (TPSA) is 84.0 Å². The van der Waals surface area contributed by atoms with Gasteiger partial charge in [0.05, 0.1) is 5.75 Å². The molecule has 1 heterocycles. The first-order valence-electron chi connectivity index (χ1n) is 9.17. The van der Waals surface area contributed by atoms with Gasteiger partial charge in [-0.1, -0.05) is 65.6 Å². The number of hydrogen-bond donors (Lipinski definition) is 2. The second-order valence-corrected chi connectivity index (χ2v) is 8.69. The van der Waals surface area contributed by atoms with E-state index in [1.165, 1.54) is 23.1 Å². The van der Waals surface area contributed by atoms with Crippen molar-refractivity contribution in [1.29, 1.82) is 0 Å². The molecule has 6 nitrogen and oxygen atoms in total. The van der Waals surface area contributed by atoms with E-state index < -0.39 is 0 Å². The molecule has 3 aromatic rings. The summed E-state index contributed by atoms with van der Waals surface area (Å²) in [5.74, 6) is 0.0193. The molecule has 0 aliphatic carbocycles. The van der Waals surface area contributed by atoms with Gasteiger partial charge in [-0.15, -0.1) is 10.2 Å². The molecule has 150 valence electrons. The van der Waals surface area contributed by atoms with E-state index in [9.17, 15) is 9.59 Å². The van der Waals surface area contributed by atoms with Crippen molar-refractivity contribution in [3.63, 3.8) is 0 Å². The summed E-state index contributed by atoms with van der Waals surface area (Å²) in [4.78, 5) is 24.3. The zero-order valence-electron chi connectivity index (χ0n) is 16.3. The number of thioether (sulfide) groups is 1. The summed E-state index contributed by atoms with van der Waals surface area (Å²) < 4.78 is 0.638. The molecule has 0 radical (unpaired) electrons. The van der Waals surface area contributed by atoms with Gasteiger partial charge in [0.15, 0.2) is 4.34 Å². The van der Waals surface area contributed by atoms with Crippen molar-refractivity contribution in [2.24, 2.45) is 0 Å². The first-order valence-corrected chi connectivity index (χ1v) is 11.0. The number of carbonyl (C=O) groups excluding carboxylic acids is 2. The molecular weight excluding hydrogens is 404 g/mol. The zero-order chi connectivity index (χ0) is 20.6. The monoisotopic (exact) mass is 426 g/mol. The molecule has 1 aromatic heterocycles. The van der Waals surface area contributed by atoms with Crippen LogP contribution >= 0.6 is 23.1 Å². The zero-order valence-corrected chi connectivity index (χ0v) is 17.9. The second-order valence-electron chi connectivity index (χ2n) is 6.49. The van der Waals surface area contributed by atoms with Crippen LogP contribution in [0.25, 0.3) is 0 Å². The highest BCUT2D eigenvalue weighted by Crippen LogP contribution is 2.26. The second kappa shape index (κ2) is 10.2. The highest BCUT2D eigenvalue weighted by molar-refractivity contribution is 8.01. The van der Waals surface area contributed by atoms with E-state index in [4.69, 9.17) is 0 Å². The van der Waals surface area contributed by atoms with Crippen LogP contribution in [-0.2, 0) is 16.0 Å². The summed E-state index contributed by atoms with van der Waals surface area (Å²) >= 11 is 2.56. The van der Waals surface area contributed by atoms with Crippen molar-refractivity contribution >= 4 is 45.7 Å². The van der Waals surface area contributed by atoms with E-state index in [1.807, 2.05) is 62.4 Å². The number of aryl methyl sites for hydroxylation is 2. The summed E-state index contributed by atoms with van der Waals surface area (Å²) in [6.07, 6.45) is 1.05. The quantitative estimate of drug-likeness (QED) is 0.410. The fourth-order valence-corrected chi connectivity index (χ4v) is 4.17. The van der Waals surface area contributed by atoms with Gasteiger partial charge in [-0.25, -0.2) is 0 Å². The van der Waals surface area contributed by atoms with E-state index in [-0.39, 0.29) is 17.6 Å². The molecule has 0 bridgehead atoms. The molecule has 29 heavy (non-hydrogen) atoms. The van der Waals surface area contributed by atoms with E-state index in [0.717, 1.165) is 22.4 Å². The third-order valence-electron chi connectivity index (χ3n) is 4.34. The minimum absolute atomic E-state index is 0.103. The van der Waals surface area contributed by atoms with E-state index >= 15 is 0 Å². The van der Waals surface area contributed by atoms with Crippen LogP contribution in [0, 0.1) is 13.8 Å². The van der Waals surface area contributed by atoms with Crippen molar-refractivity contribution in [3.05, 3.63) is 65.2 Å². The molecule has 0 unspecified atom stereocenters. The molecular formula is C21H22N4O2S2. The third kappa shape index (κ3) is 6.40. The maximum absolute atomic E-state index is 12.2. The average Bonchev–Trinajstić information content (AvgIpc) is 3.16. The van der Waals surface area contributed by atoms with Gasteiger partial charge in [0.2, 0.25) is 16.9 Å². The van der Waals surface area contributed by atoms with Crippen LogP contribution in [0.1, 0.15) is 23.1 Å². The van der Waals surface area contributed by atoms with Crippen LogP contribution in [0.2, 0.25) is 0 Å². The van der Waals surface area contributed by atoms with E-state index in [1.54, 1.807) is 0 Å². The summed E-state index contributed by atoms with van der Waals surface area (Å²) in [5, 5.41) is 14.1. The van der Waals surface area contributed by atoms with Crippen molar-refractivity contribution in [2.75, 3.05) is 16.4 Å². The van der Waals surface area contributed by atoms with Gasteiger partial charge in [-0.3, -0.25) is 9.59 Å². The number of hydrogen-bond acceptors (Lipinski definition) is 6. The first kappa shape index (κ1) is 21.0. The van der Waals surface area contributed by atoms with Crippen molar-refractivity contribution in [2.45, 2.75) is 31.0 Å². The summed E-state index contributed by atoms with van der Waals surface area (Å²) in [5.41, 5.74) is 4.12. The molecule has 2 amide bonds. The normalized spacial score (nSPS) is 10.6. The maximum Gasteiger partial charge on any atom is 0.234 e. The lowest BCUT2D eigenvalue weighted by Crippen LogP contribution is -2.15.